The van der Waals surface area contributed by atoms with Gasteiger partial charge in [0.05, 0.1) is 0 Å². The van der Waals surface area contributed by atoms with Gasteiger partial charge in [-0.05, 0) is 62.6 Å². The molecule has 0 bridgehead atoms. The van der Waals surface area contributed by atoms with Gasteiger partial charge in [0.1, 0.15) is 6.04 Å². The topological polar surface area (TPSA) is 41.1 Å². The van der Waals surface area contributed by atoms with Gasteiger partial charge in [-0.25, -0.2) is 0 Å². The monoisotopic (exact) mass is 258 g/mol. The number of anilines is 1. The van der Waals surface area contributed by atoms with Crippen molar-refractivity contribution in [2.75, 3.05) is 5.32 Å². The Morgan fingerprint density at radius 2 is 2.05 bits per heavy atom. The number of nitrogens with one attached hydrogen (secondary N) is 2. The highest BCUT2D eigenvalue weighted by Crippen LogP contribution is 2.28. The molecule has 1 aromatic rings. The molecular weight excluding hydrogens is 236 g/mol. The maximum absolute atomic E-state index is 12.0. The minimum Gasteiger partial charge on any atom is -0.374 e. The molecule has 0 spiro atoms. The molecule has 1 atom stereocenters. The molecule has 3 rings (SSSR count). The summed E-state index contributed by atoms with van der Waals surface area (Å²) in [6, 6.07) is 6.69. The molecule has 1 aromatic carbocycles. The van der Waals surface area contributed by atoms with Crippen molar-refractivity contribution in [3.63, 3.8) is 0 Å². The molecule has 0 heterocycles. The van der Waals surface area contributed by atoms with E-state index in [1.807, 2.05) is 6.92 Å². The summed E-state index contributed by atoms with van der Waals surface area (Å²) in [6.45, 7) is 1.94. The Morgan fingerprint density at radius 3 is 2.84 bits per heavy atom. The predicted octanol–water partition coefficient (Wildman–Crippen LogP) is 2.64. The van der Waals surface area contributed by atoms with E-state index in [0.717, 1.165) is 24.9 Å². The summed E-state index contributed by atoms with van der Waals surface area (Å²) in [6.07, 6.45) is 7.13. The summed E-state index contributed by atoms with van der Waals surface area (Å²) in [5.41, 5.74) is 4.02. The number of hydrogen-bond acceptors (Lipinski definition) is 2. The van der Waals surface area contributed by atoms with Gasteiger partial charge in [-0.3, -0.25) is 4.79 Å². The van der Waals surface area contributed by atoms with Crippen molar-refractivity contribution < 1.29 is 4.79 Å². The molecule has 2 N–H and O–H groups in total. The van der Waals surface area contributed by atoms with Crippen molar-refractivity contribution in [2.24, 2.45) is 0 Å². The Morgan fingerprint density at radius 1 is 1.26 bits per heavy atom. The third kappa shape index (κ3) is 2.91. The summed E-state index contributed by atoms with van der Waals surface area (Å²) in [5.74, 6) is 0.121. The van der Waals surface area contributed by atoms with Gasteiger partial charge in [-0.15, -0.1) is 0 Å². The van der Waals surface area contributed by atoms with Gasteiger partial charge in [0, 0.05) is 11.7 Å². The van der Waals surface area contributed by atoms with E-state index in [1.165, 1.54) is 30.4 Å². The molecule has 0 saturated heterocycles. The van der Waals surface area contributed by atoms with Gasteiger partial charge >= 0.3 is 0 Å². The van der Waals surface area contributed by atoms with Gasteiger partial charge in [0.2, 0.25) is 5.91 Å². The Hall–Kier alpha value is -1.51. The van der Waals surface area contributed by atoms with Crippen molar-refractivity contribution in [2.45, 2.75) is 57.5 Å². The predicted molar refractivity (Wildman–Crippen MR) is 77.3 cm³/mol. The van der Waals surface area contributed by atoms with Gasteiger partial charge in [-0.1, -0.05) is 12.1 Å². The van der Waals surface area contributed by atoms with Crippen molar-refractivity contribution in [1.82, 2.24) is 5.32 Å². The third-order valence-corrected chi connectivity index (χ3v) is 4.08. The van der Waals surface area contributed by atoms with E-state index in [9.17, 15) is 4.79 Å². The standard InChI is InChI=1S/C16H22N2O/c1-11(16(19)18-13-9-10-13)17-15-8-4-6-12-5-2-3-7-14(12)15/h4,6,8,11,13,17H,2-3,5,7,9-10H2,1H3,(H,18,19). The molecule has 19 heavy (non-hydrogen) atoms. The summed E-state index contributed by atoms with van der Waals surface area (Å²) < 4.78 is 0. The van der Waals surface area contributed by atoms with Gasteiger partial charge in [0.25, 0.3) is 0 Å². The van der Waals surface area contributed by atoms with Crippen LogP contribution in [0.1, 0.15) is 43.7 Å². The van der Waals surface area contributed by atoms with E-state index >= 15 is 0 Å². The first-order valence-electron chi connectivity index (χ1n) is 7.42. The zero-order valence-corrected chi connectivity index (χ0v) is 11.5. The molecule has 0 aromatic heterocycles. The van der Waals surface area contributed by atoms with Gasteiger partial charge < -0.3 is 10.6 Å². The molecular formula is C16H22N2O. The van der Waals surface area contributed by atoms with Crippen LogP contribution in [0.2, 0.25) is 0 Å². The zero-order chi connectivity index (χ0) is 13.2. The largest absolute Gasteiger partial charge is 0.374 e. The molecule has 0 aliphatic heterocycles. The SMILES string of the molecule is CC(Nc1cccc2c1CCCC2)C(=O)NC1CC1. The van der Waals surface area contributed by atoms with E-state index < -0.39 is 0 Å². The van der Waals surface area contributed by atoms with E-state index in [0.29, 0.717) is 6.04 Å². The Labute approximate surface area is 114 Å². The second-order valence-electron chi connectivity index (χ2n) is 5.80. The fraction of sp³-hybridized carbons (Fsp3) is 0.562. The molecule has 0 radical (unpaired) electrons. The average molecular weight is 258 g/mol. The first-order valence-corrected chi connectivity index (χ1v) is 7.42. The van der Waals surface area contributed by atoms with Crippen LogP contribution in [0.15, 0.2) is 18.2 Å². The van der Waals surface area contributed by atoms with Crippen LogP contribution in [0.3, 0.4) is 0 Å². The van der Waals surface area contributed by atoms with Crippen LogP contribution in [0.4, 0.5) is 5.69 Å². The summed E-state index contributed by atoms with van der Waals surface area (Å²) in [7, 11) is 0. The van der Waals surface area contributed by atoms with Crippen molar-refractivity contribution in [3.05, 3.63) is 29.3 Å². The highest BCUT2D eigenvalue weighted by Gasteiger charge is 2.26. The number of rotatable bonds is 4. The van der Waals surface area contributed by atoms with E-state index in [2.05, 4.69) is 28.8 Å². The molecule has 2 aliphatic rings. The Kier molecular flexibility index (Phi) is 3.45. The van der Waals surface area contributed by atoms with E-state index in [4.69, 9.17) is 0 Å². The van der Waals surface area contributed by atoms with Gasteiger partial charge in [-0.2, -0.15) is 0 Å². The summed E-state index contributed by atoms with van der Waals surface area (Å²) >= 11 is 0. The maximum atomic E-state index is 12.0. The quantitative estimate of drug-likeness (QED) is 0.871. The van der Waals surface area contributed by atoms with Crippen LogP contribution in [-0.4, -0.2) is 18.0 Å². The highest BCUT2D eigenvalue weighted by molar-refractivity contribution is 5.85. The van der Waals surface area contributed by atoms with Crippen LogP contribution in [0.25, 0.3) is 0 Å². The molecule has 3 nitrogen and oxygen atoms in total. The lowest BCUT2D eigenvalue weighted by molar-refractivity contribution is -0.121. The Bertz CT molecular complexity index is 480. The minimum absolute atomic E-state index is 0.121. The fourth-order valence-corrected chi connectivity index (χ4v) is 2.77. The van der Waals surface area contributed by atoms with Crippen LogP contribution in [0.5, 0.6) is 0 Å². The highest BCUT2D eigenvalue weighted by atomic mass is 16.2. The molecule has 3 heteroatoms. The lowest BCUT2D eigenvalue weighted by atomic mass is 9.90. The normalized spacial score (nSPS) is 19.4. The molecule has 102 valence electrons. The number of carbonyl (C=O) groups is 1. The summed E-state index contributed by atoms with van der Waals surface area (Å²) in [5, 5.41) is 6.44. The molecule has 1 fully saturated rings. The summed E-state index contributed by atoms with van der Waals surface area (Å²) in [4.78, 5) is 12.0. The smallest absolute Gasteiger partial charge is 0.242 e. The number of aryl methyl sites for hydroxylation is 1. The number of hydrogen-bond donors (Lipinski definition) is 2. The van der Waals surface area contributed by atoms with Crippen molar-refractivity contribution in [3.8, 4) is 0 Å². The molecule has 1 unspecified atom stereocenters. The third-order valence-electron chi connectivity index (χ3n) is 4.08. The first kappa shape index (κ1) is 12.5. The van der Waals surface area contributed by atoms with Crippen LogP contribution in [0, 0.1) is 0 Å². The average Bonchev–Trinajstić information content (AvgIpc) is 3.23. The lowest BCUT2D eigenvalue weighted by Gasteiger charge is -2.22. The van der Waals surface area contributed by atoms with Gasteiger partial charge in [0.15, 0.2) is 0 Å². The molecule has 1 saturated carbocycles. The zero-order valence-electron chi connectivity index (χ0n) is 11.5. The maximum Gasteiger partial charge on any atom is 0.242 e. The van der Waals surface area contributed by atoms with Crippen LogP contribution in [-0.2, 0) is 17.6 Å². The second-order valence-corrected chi connectivity index (χ2v) is 5.80. The number of fused-ring (bicyclic) bond motifs is 1. The minimum atomic E-state index is -0.158. The molecule has 1 amide bonds. The van der Waals surface area contributed by atoms with Crippen LogP contribution < -0.4 is 10.6 Å². The van der Waals surface area contributed by atoms with Crippen molar-refractivity contribution in [1.29, 1.82) is 0 Å². The fourth-order valence-electron chi connectivity index (χ4n) is 2.77. The first-order chi connectivity index (χ1) is 9.24. The van der Waals surface area contributed by atoms with Crippen LogP contribution >= 0.6 is 0 Å². The number of amides is 1. The van der Waals surface area contributed by atoms with E-state index in [1.54, 1.807) is 0 Å². The Balaban J connectivity index is 1.69. The van der Waals surface area contributed by atoms with Crippen molar-refractivity contribution >= 4 is 11.6 Å². The number of carbonyl (C=O) groups excluding carboxylic acids is 1. The lowest BCUT2D eigenvalue weighted by Crippen LogP contribution is -2.38. The number of benzene rings is 1. The molecule has 2 aliphatic carbocycles. The second kappa shape index (κ2) is 5.24. The van der Waals surface area contributed by atoms with E-state index in [-0.39, 0.29) is 11.9 Å².